The minimum atomic E-state index is -0.398. The van der Waals surface area contributed by atoms with Crippen LogP contribution in [0.25, 0.3) is 10.2 Å². The molecule has 0 unspecified atom stereocenters. The molecule has 5 rings (SSSR count). The fraction of sp³-hybridized carbons (Fsp3) is 0.161. The Hall–Kier alpha value is -4.96. The number of fused-ring (bicyclic) bond motifs is 1. The molecule has 0 saturated carbocycles. The first kappa shape index (κ1) is 27.6. The van der Waals surface area contributed by atoms with Gasteiger partial charge in [0.25, 0.3) is 5.91 Å². The van der Waals surface area contributed by atoms with E-state index in [0.29, 0.717) is 55.8 Å². The first-order valence-corrected chi connectivity index (χ1v) is 13.6. The minimum absolute atomic E-state index is 0.275. The maximum absolute atomic E-state index is 13.0. The summed E-state index contributed by atoms with van der Waals surface area (Å²) in [5, 5.41) is 6.88. The molecular formula is C31H28N4O5S. The molecule has 208 valence electrons. The van der Waals surface area contributed by atoms with Crippen LogP contribution in [0.3, 0.4) is 0 Å². The van der Waals surface area contributed by atoms with Crippen molar-refractivity contribution in [3.8, 4) is 11.5 Å². The Morgan fingerprint density at radius 2 is 1.54 bits per heavy atom. The Kier molecular flexibility index (Phi) is 8.40. The number of anilines is 3. The van der Waals surface area contributed by atoms with E-state index in [1.807, 2.05) is 43.3 Å². The van der Waals surface area contributed by atoms with Gasteiger partial charge in [-0.05, 0) is 30.2 Å². The zero-order chi connectivity index (χ0) is 28.8. The van der Waals surface area contributed by atoms with Crippen molar-refractivity contribution >= 4 is 50.6 Å². The Morgan fingerprint density at radius 1 is 0.878 bits per heavy atom. The third-order valence-electron chi connectivity index (χ3n) is 6.44. The number of carbonyl (C=O) groups is 2. The van der Waals surface area contributed by atoms with E-state index in [9.17, 15) is 9.59 Å². The van der Waals surface area contributed by atoms with Gasteiger partial charge in [-0.15, -0.1) is 11.3 Å². The van der Waals surface area contributed by atoms with Crippen LogP contribution in [0.2, 0.25) is 0 Å². The smallest absolute Gasteiger partial charge is 0.348 e. The fourth-order valence-corrected chi connectivity index (χ4v) is 5.38. The molecule has 0 radical (unpaired) electrons. The van der Waals surface area contributed by atoms with Gasteiger partial charge in [-0.2, -0.15) is 0 Å². The number of ether oxygens (including phenoxy) is 3. The maximum Gasteiger partial charge on any atom is 0.348 e. The fourth-order valence-electron chi connectivity index (χ4n) is 4.34. The summed E-state index contributed by atoms with van der Waals surface area (Å²) < 4.78 is 16.8. The standard InChI is InChI=1S/C31H28N4O5S/c1-19-26-28(32-18-33-30(26)41-27(19)31(37)40-15-14-20-10-6-4-7-11-20)34-22-16-25(39-3)23(17-24(22)38-2)35-29(36)21-12-8-5-9-13-21/h4-13,16-18H,14-15H2,1-3H3,(H,35,36)(H,32,33,34). The van der Waals surface area contributed by atoms with Crippen molar-refractivity contribution in [2.45, 2.75) is 13.3 Å². The van der Waals surface area contributed by atoms with E-state index >= 15 is 0 Å². The third-order valence-corrected chi connectivity index (χ3v) is 7.62. The maximum atomic E-state index is 13.0. The van der Waals surface area contributed by atoms with Crippen molar-refractivity contribution < 1.29 is 23.8 Å². The number of aryl methyl sites for hydroxylation is 1. The average Bonchev–Trinajstić information content (AvgIpc) is 3.35. The number of aromatic nitrogens is 2. The summed E-state index contributed by atoms with van der Waals surface area (Å²) in [6.45, 7) is 2.12. The van der Waals surface area contributed by atoms with Gasteiger partial charge in [-0.3, -0.25) is 4.79 Å². The largest absolute Gasteiger partial charge is 0.494 e. The molecular weight excluding hydrogens is 540 g/mol. The lowest BCUT2D eigenvalue weighted by molar-refractivity contribution is 0.0514. The molecule has 2 heterocycles. The lowest BCUT2D eigenvalue weighted by Gasteiger charge is -2.17. The second-order valence-corrected chi connectivity index (χ2v) is 10.0. The first-order chi connectivity index (χ1) is 20.0. The van der Waals surface area contributed by atoms with Gasteiger partial charge < -0.3 is 24.8 Å². The highest BCUT2D eigenvalue weighted by Crippen LogP contribution is 2.40. The summed E-state index contributed by atoms with van der Waals surface area (Å²) in [6, 6.07) is 22.2. The molecule has 3 aromatic carbocycles. The van der Waals surface area contributed by atoms with E-state index in [2.05, 4.69) is 20.6 Å². The SMILES string of the molecule is COc1cc(Nc2ncnc3sc(C(=O)OCCc4ccccc4)c(C)c23)c(OC)cc1NC(=O)c1ccccc1. The molecule has 0 saturated heterocycles. The molecule has 0 bridgehead atoms. The molecule has 0 atom stereocenters. The van der Waals surface area contributed by atoms with Crippen LogP contribution in [0.1, 0.15) is 31.2 Å². The molecule has 1 amide bonds. The molecule has 2 N–H and O–H groups in total. The minimum Gasteiger partial charge on any atom is -0.494 e. The number of hydrogen-bond acceptors (Lipinski definition) is 9. The van der Waals surface area contributed by atoms with Crippen LogP contribution < -0.4 is 20.1 Å². The Labute approximate surface area is 241 Å². The molecule has 10 heteroatoms. The van der Waals surface area contributed by atoms with Gasteiger partial charge >= 0.3 is 5.97 Å². The number of nitrogens with zero attached hydrogens (tertiary/aromatic N) is 2. The topological polar surface area (TPSA) is 112 Å². The van der Waals surface area contributed by atoms with Crippen molar-refractivity contribution in [1.82, 2.24) is 9.97 Å². The van der Waals surface area contributed by atoms with Crippen LogP contribution in [0, 0.1) is 6.92 Å². The molecule has 41 heavy (non-hydrogen) atoms. The number of hydrogen-bond donors (Lipinski definition) is 2. The molecule has 0 aliphatic heterocycles. The molecule has 2 aromatic heterocycles. The number of rotatable bonds is 10. The lowest BCUT2D eigenvalue weighted by Crippen LogP contribution is -2.13. The van der Waals surface area contributed by atoms with Crippen molar-refractivity contribution in [3.05, 3.63) is 101 Å². The molecule has 5 aromatic rings. The van der Waals surface area contributed by atoms with Gasteiger partial charge in [0.1, 0.15) is 33.4 Å². The van der Waals surface area contributed by atoms with Crippen LogP contribution >= 0.6 is 11.3 Å². The number of carbonyl (C=O) groups excluding carboxylic acids is 2. The zero-order valence-electron chi connectivity index (χ0n) is 22.8. The number of nitrogens with one attached hydrogen (secondary N) is 2. The van der Waals surface area contributed by atoms with E-state index in [0.717, 1.165) is 11.1 Å². The summed E-state index contributed by atoms with van der Waals surface area (Å²) in [4.78, 5) is 35.7. The van der Waals surface area contributed by atoms with Crippen LogP contribution in [-0.4, -0.2) is 42.7 Å². The summed E-state index contributed by atoms with van der Waals surface area (Å²) in [5.41, 5.74) is 3.33. The summed E-state index contributed by atoms with van der Waals surface area (Å²) in [7, 11) is 3.05. The quantitative estimate of drug-likeness (QED) is 0.186. The second-order valence-electron chi connectivity index (χ2n) is 9.03. The van der Waals surface area contributed by atoms with E-state index < -0.39 is 5.97 Å². The summed E-state index contributed by atoms with van der Waals surface area (Å²) >= 11 is 1.26. The number of esters is 1. The molecule has 0 aliphatic rings. The number of thiophene rings is 1. The van der Waals surface area contributed by atoms with Crippen molar-refractivity contribution in [2.24, 2.45) is 0 Å². The van der Waals surface area contributed by atoms with Crippen molar-refractivity contribution in [2.75, 3.05) is 31.5 Å². The van der Waals surface area contributed by atoms with Crippen molar-refractivity contribution in [3.63, 3.8) is 0 Å². The molecule has 0 spiro atoms. The van der Waals surface area contributed by atoms with Gasteiger partial charge in [0.05, 0.1) is 37.6 Å². The molecule has 0 aliphatic carbocycles. The van der Waals surface area contributed by atoms with Crippen LogP contribution in [0.15, 0.2) is 79.1 Å². The highest BCUT2D eigenvalue weighted by molar-refractivity contribution is 7.20. The van der Waals surface area contributed by atoms with E-state index in [-0.39, 0.29) is 12.5 Å². The summed E-state index contributed by atoms with van der Waals surface area (Å²) in [5.74, 6) is 0.696. The third kappa shape index (κ3) is 6.12. The number of methoxy groups -OCH3 is 2. The van der Waals surface area contributed by atoms with Crippen LogP contribution in [-0.2, 0) is 11.2 Å². The Morgan fingerprint density at radius 3 is 2.24 bits per heavy atom. The van der Waals surface area contributed by atoms with E-state index in [4.69, 9.17) is 14.2 Å². The van der Waals surface area contributed by atoms with Gasteiger partial charge in [0.2, 0.25) is 0 Å². The van der Waals surface area contributed by atoms with Crippen molar-refractivity contribution in [1.29, 1.82) is 0 Å². The Balaban J connectivity index is 1.39. The van der Waals surface area contributed by atoms with Gasteiger partial charge in [0, 0.05) is 24.1 Å². The van der Waals surface area contributed by atoms with Crippen LogP contribution in [0.4, 0.5) is 17.2 Å². The van der Waals surface area contributed by atoms with Gasteiger partial charge in [0.15, 0.2) is 0 Å². The zero-order valence-corrected chi connectivity index (χ0v) is 23.6. The second kappa shape index (κ2) is 12.5. The van der Waals surface area contributed by atoms with Gasteiger partial charge in [-0.1, -0.05) is 48.5 Å². The average molecular weight is 569 g/mol. The molecule has 0 fully saturated rings. The van der Waals surface area contributed by atoms with E-state index in [1.165, 1.54) is 31.9 Å². The Bertz CT molecular complexity index is 1690. The van der Waals surface area contributed by atoms with E-state index in [1.54, 1.807) is 36.4 Å². The number of amides is 1. The normalized spacial score (nSPS) is 10.7. The van der Waals surface area contributed by atoms with Crippen LogP contribution in [0.5, 0.6) is 11.5 Å². The number of benzene rings is 3. The predicted octanol–water partition coefficient (Wildman–Crippen LogP) is 6.41. The molecule has 9 nitrogen and oxygen atoms in total. The highest BCUT2D eigenvalue weighted by Gasteiger charge is 2.22. The predicted molar refractivity (Wildman–Crippen MR) is 160 cm³/mol. The first-order valence-electron chi connectivity index (χ1n) is 12.8. The highest BCUT2D eigenvalue weighted by atomic mass is 32.1. The van der Waals surface area contributed by atoms with Gasteiger partial charge in [-0.25, -0.2) is 14.8 Å². The lowest BCUT2D eigenvalue weighted by atomic mass is 10.1. The summed E-state index contributed by atoms with van der Waals surface area (Å²) in [6.07, 6.45) is 2.07. The monoisotopic (exact) mass is 568 g/mol.